The second-order valence-corrected chi connectivity index (χ2v) is 6.24. The lowest BCUT2D eigenvalue weighted by Gasteiger charge is -2.28. The van der Waals surface area contributed by atoms with Gasteiger partial charge in [0.2, 0.25) is 0 Å². The average molecular weight is 389 g/mol. The standard InChI is InChI=1S/C17H19F3N4O.ClH/c1-11-9-13(5-7-21-11)22-16(25)15-6-8-24(23-15)14-4-2-3-12(10-14)17(18,19)20;/h2-4,6,8,10-11,13,21H,5,7,9H2,1H3,(H,22,25);1H. The fourth-order valence-corrected chi connectivity index (χ4v) is 2.94. The minimum Gasteiger partial charge on any atom is -0.348 e. The molecular formula is C17H20ClF3N4O. The van der Waals surface area contributed by atoms with Gasteiger partial charge < -0.3 is 10.6 Å². The van der Waals surface area contributed by atoms with Crippen LogP contribution in [-0.2, 0) is 6.18 Å². The lowest BCUT2D eigenvalue weighted by atomic mass is 10.0. The van der Waals surface area contributed by atoms with Crippen molar-refractivity contribution in [1.82, 2.24) is 20.4 Å². The first kappa shape index (κ1) is 20.3. The van der Waals surface area contributed by atoms with Crippen molar-refractivity contribution < 1.29 is 18.0 Å². The van der Waals surface area contributed by atoms with Crippen LogP contribution >= 0.6 is 12.4 Å². The molecule has 5 nitrogen and oxygen atoms in total. The lowest BCUT2D eigenvalue weighted by molar-refractivity contribution is -0.137. The van der Waals surface area contributed by atoms with Crippen LogP contribution in [0, 0.1) is 0 Å². The van der Waals surface area contributed by atoms with E-state index in [2.05, 4.69) is 22.7 Å². The van der Waals surface area contributed by atoms with Crippen molar-refractivity contribution in [1.29, 1.82) is 0 Å². The van der Waals surface area contributed by atoms with E-state index in [1.54, 1.807) is 0 Å². The molecule has 9 heteroatoms. The van der Waals surface area contributed by atoms with Gasteiger partial charge in [-0.2, -0.15) is 18.3 Å². The molecule has 1 aliphatic heterocycles. The zero-order chi connectivity index (χ0) is 18.0. The molecule has 1 aliphatic rings. The Balaban J connectivity index is 0.00000243. The van der Waals surface area contributed by atoms with Gasteiger partial charge in [0, 0.05) is 18.3 Å². The number of aromatic nitrogens is 2. The maximum atomic E-state index is 12.8. The molecule has 1 aromatic heterocycles. The highest BCUT2D eigenvalue weighted by atomic mass is 35.5. The molecule has 2 N–H and O–H groups in total. The van der Waals surface area contributed by atoms with Gasteiger partial charge in [-0.25, -0.2) is 4.68 Å². The highest BCUT2D eigenvalue weighted by Gasteiger charge is 2.30. The highest BCUT2D eigenvalue weighted by Crippen LogP contribution is 2.30. The summed E-state index contributed by atoms with van der Waals surface area (Å²) in [4.78, 5) is 12.3. The average Bonchev–Trinajstić information content (AvgIpc) is 3.04. The molecule has 2 heterocycles. The van der Waals surface area contributed by atoms with Crippen molar-refractivity contribution in [2.24, 2.45) is 0 Å². The maximum Gasteiger partial charge on any atom is 0.416 e. The maximum absolute atomic E-state index is 12.8. The first-order valence-electron chi connectivity index (χ1n) is 8.10. The molecule has 0 saturated carbocycles. The van der Waals surface area contributed by atoms with Gasteiger partial charge in [-0.15, -0.1) is 12.4 Å². The number of rotatable bonds is 3. The molecule has 2 aromatic rings. The Hall–Kier alpha value is -2.06. The Morgan fingerprint density at radius 3 is 2.81 bits per heavy atom. The summed E-state index contributed by atoms with van der Waals surface area (Å²) in [7, 11) is 0. The number of benzene rings is 1. The van der Waals surface area contributed by atoms with E-state index in [1.807, 2.05) is 0 Å². The van der Waals surface area contributed by atoms with Crippen LogP contribution in [0.3, 0.4) is 0 Å². The predicted molar refractivity (Wildman–Crippen MR) is 93.8 cm³/mol. The van der Waals surface area contributed by atoms with Crippen molar-refractivity contribution in [3.8, 4) is 5.69 Å². The number of amides is 1. The van der Waals surface area contributed by atoms with E-state index in [-0.39, 0.29) is 35.7 Å². The summed E-state index contributed by atoms with van der Waals surface area (Å²) >= 11 is 0. The van der Waals surface area contributed by atoms with Gasteiger partial charge in [-0.3, -0.25) is 4.79 Å². The van der Waals surface area contributed by atoms with E-state index >= 15 is 0 Å². The molecule has 2 atom stereocenters. The van der Waals surface area contributed by atoms with E-state index in [0.29, 0.717) is 6.04 Å². The minimum atomic E-state index is -4.42. The van der Waals surface area contributed by atoms with E-state index in [0.717, 1.165) is 31.5 Å². The third-order valence-corrected chi connectivity index (χ3v) is 4.22. The van der Waals surface area contributed by atoms with E-state index in [1.165, 1.54) is 29.1 Å². The number of alkyl halides is 3. The number of hydrogen-bond acceptors (Lipinski definition) is 3. The number of nitrogens with one attached hydrogen (secondary N) is 2. The summed E-state index contributed by atoms with van der Waals surface area (Å²) in [5, 5.41) is 10.3. The summed E-state index contributed by atoms with van der Waals surface area (Å²) < 4.78 is 39.7. The number of halogens is 4. The van der Waals surface area contributed by atoms with Crippen LogP contribution in [-0.4, -0.2) is 34.3 Å². The normalized spacial score (nSPS) is 20.3. The molecule has 0 radical (unpaired) electrons. The zero-order valence-corrected chi connectivity index (χ0v) is 14.9. The summed E-state index contributed by atoms with van der Waals surface area (Å²) in [6.45, 7) is 2.89. The number of carbonyl (C=O) groups is 1. The van der Waals surface area contributed by atoms with E-state index in [9.17, 15) is 18.0 Å². The highest BCUT2D eigenvalue weighted by molar-refractivity contribution is 5.92. The second kappa shape index (κ2) is 8.09. The number of hydrogen-bond donors (Lipinski definition) is 2. The largest absolute Gasteiger partial charge is 0.416 e. The smallest absolute Gasteiger partial charge is 0.348 e. The van der Waals surface area contributed by atoms with Crippen LogP contribution in [0.4, 0.5) is 13.2 Å². The summed E-state index contributed by atoms with van der Waals surface area (Å²) in [5.41, 5.74) is -0.317. The lowest BCUT2D eigenvalue weighted by Crippen LogP contribution is -2.46. The predicted octanol–water partition coefficient (Wildman–Crippen LogP) is 3.18. The number of carbonyl (C=O) groups excluding carboxylic acids is 1. The van der Waals surface area contributed by atoms with Crippen LogP contribution in [0.5, 0.6) is 0 Å². The molecule has 0 bridgehead atoms. The molecule has 1 aromatic carbocycles. The van der Waals surface area contributed by atoms with Crippen molar-refractivity contribution in [3.63, 3.8) is 0 Å². The number of piperidine rings is 1. The van der Waals surface area contributed by atoms with Gasteiger partial charge in [0.15, 0.2) is 5.69 Å². The van der Waals surface area contributed by atoms with Gasteiger partial charge in [0.25, 0.3) is 5.91 Å². The van der Waals surface area contributed by atoms with Crippen LogP contribution in [0.25, 0.3) is 5.69 Å². The summed E-state index contributed by atoms with van der Waals surface area (Å²) in [5.74, 6) is -0.315. The summed E-state index contributed by atoms with van der Waals surface area (Å²) in [6.07, 6.45) is -1.27. The minimum absolute atomic E-state index is 0. The van der Waals surface area contributed by atoms with Gasteiger partial charge in [-0.1, -0.05) is 6.07 Å². The summed E-state index contributed by atoms with van der Waals surface area (Å²) in [6, 6.07) is 6.74. The Morgan fingerprint density at radius 1 is 1.35 bits per heavy atom. The molecule has 1 fully saturated rings. The van der Waals surface area contributed by atoms with Gasteiger partial charge in [0.1, 0.15) is 0 Å². The molecule has 26 heavy (non-hydrogen) atoms. The van der Waals surface area contributed by atoms with Crippen molar-refractivity contribution in [2.75, 3.05) is 6.54 Å². The Labute approximate surface area is 155 Å². The Morgan fingerprint density at radius 2 is 2.12 bits per heavy atom. The monoisotopic (exact) mass is 388 g/mol. The van der Waals surface area contributed by atoms with Crippen LogP contribution in [0.1, 0.15) is 35.8 Å². The van der Waals surface area contributed by atoms with Gasteiger partial charge >= 0.3 is 6.18 Å². The van der Waals surface area contributed by atoms with E-state index < -0.39 is 11.7 Å². The SMILES string of the molecule is CC1CC(NC(=O)c2ccn(-c3cccc(C(F)(F)F)c3)n2)CCN1.Cl. The van der Waals surface area contributed by atoms with Crippen molar-refractivity contribution >= 4 is 18.3 Å². The molecule has 2 unspecified atom stereocenters. The second-order valence-electron chi connectivity index (χ2n) is 6.24. The van der Waals surface area contributed by atoms with Crippen LogP contribution in [0.2, 0.25) is 0 Å². The van der Waals surface area contributed by atoms with Crippen LogP contribution < -0.4 is 10.6 Å². The topological polar surface area (TPSA) is 59.0 Å². The molecule has 0 aliphatic carbocycles. The molecule has 0 spiro atoms. The molecule has 1 amide bonds. The van der Waals surface area contributed by atoms with Gasteiger partial charge in [0.05, 0.1) is 11.3 Å². The first-order chi connectivity index (χ1) is 11.8. The Kier molecular flexibility index (Phi) is 6.30. The number of nitrogens with zero attached hydrogens (tertiary/aromatic N) is 2. The molecular weight excluding hydrogens is 369 g/mol. The van der Waals surface area contributed by atoms with Gasteiger partial charge in [-0.05, 0) is 50.6 Å². The van der Waals surface area contributed by atoms with Crippen molar-refractivity contribution in [2.45, 2.75) is 38.0 Å². The fourth-order valence-electron chi connectivity index (χ4n) is 2.94. The first-order valence-corrected chi connectivity index (χ1v) is 8.10. The molecule has 1 saturated heterocycles. The third kappa shape index (κ3) is 4.76. The van der Waals surface area contributed by atoms with Crippen molar-refractivity contribution in [3.05, 3.63) is 47.8 Å². The van der Waals surface area contributed by atoms with Crippen LogP contribution in [0.15, 0.2) is 36.5 Å². The molecule has 3 rings (SSSR count). The Bertz CT molecular complexity index is 762. The fraction of sp³-hybridized carbons (Fsp3) is 0.412. The third-order valence-electron chi connectivity index (χ3n) is 4.22. The quantitative estimate of drug-likeness (QED) is 0.849. The zero-order valence-electron chi connectivity index (χ0n) is 14.1. The molecule has 142 valence electrons. The van der Waals surface area contributed by atoms with E-state index in [4.69, 9.17) is 0 Å².